The molecule has 0 aliphatic heterocycles. The lowest BCUT2D eigenvalue weighted by Gasteiger charge is -2.09. The van der Waals surface area contributed by atoms with Gasteiger partial charge in [0, 0.05) is 12.1 Å². The monoisotopic (exact) mass is 254 g/mol. The van der Waals surface area contributed by atoms with Crippen molar-refractivity contribution in [2.75, 3.05) is 5.32 Å². The van der Waals surface area contributed by atoms with E-state index in [9.17, 15) is 4.79 Å². The number of nitrogens with zero attached hydrogens (tertiary/aromatic N) is 1. The van der Waals surface area contributed by atoms with Gasteiger partial charge in [-0.3, -0.25) is 4.79 Å². The van der Waals surface area contributed by atoms with Crippen molar-refractivity contribution >= 4 is 11.6 Å². The number of carbonyl (C=O) groups is 1. The maximum atomic E-state index is 12.0. The van der Waals surface area contributed by atoms with Crippen LogP contribution in [0, 0.1) is 24.2 Å². The lowest BCUT2D eigenvalue weighted by atomic mass is 10.0. The predicted octanol–water partition coefficient (Wildman–Crippen LogP) is 2.91. The van der Waals surface area contributed by atoms with Gasteiger partial charge in [0.2, 0.25) is 5.91 Å². The normalized spacial score (nSPS) is 11.6. The summed E-state index contributed by atoms with van der Waals surface area (Å²) in [6, 6.07) is 12.9. The minimum absolute atomic E-state index is 0.279. The summed E-state index contributed by atoms with van der Waals surface area (Å²) < 4.78 is 5.15. The number of aryl methyl sites for hydroxylation is 1. The number of amides is 1. The maximum absolute atomic E-state index is 12.0. The van der Waals surface area contributed by atoms with Gasteiger partial charge in [0.1, 0.15) is 11.7 Å². The third kappa shape index (κ3) is 3.46. The van der Waals surface area contributed by atoms with E-state index in [1.165, 1.54) is 6.26 Å². The summed E-state index contributed by atoms with van der Waals surface area (Å²) in [6.07, 6.45) is 1.81. The van der Waals surface area contributed by atoms with Crippen molar-refractivity contribution in [1.82, 2.24) is 0 Å². The van der Waals surface area contributed by atoms with Crippen LogP contribution in [0.2, 0.25) is 0 Å². The first kappa shape index (κ1) is 12.9. The molecule has 0 spiro atoms. The Balaban J connectivity index is 2.01. The average Bonchev–Trinajstić information content (AvgIpc) is 2.91. The van der Waals surface area contributed by atoms with E-state index in [-0.39, 0.29) is 12.3 Å². The number of nitriles is 1. The summed E-state index contributed by atoms with van der Waals surface area (Å²) in [5.41, 5.74) is 1.81. The molecule has 1 atom stereocenters. The summed E-state index contributed by atoms with van der Waals surface area (Å²) in [7, 11) is 0. The molecule has 1 aromatic carbocycles. The highest BCUT2D eigenvalue weighted by atomic mass is 16.3. The number of carbonyl (C=O) groups excluding carboxylic acids is 1. The number of hydrogen-bond acceptors (Lipinski definition) is 3. The van der Waals surface area contributed by atoms with Crippen LogP contribution in [-0.2, 0) is 11.2 Å². The Kier molecular flexibility index (Phi) is 3.99. The highest BCUT2D eigenvalue weighted by Crippen LogP contribution is 2.13. The average molecular weight is 254 g/mol. The van der Waals surface area contributed by atoms with E-state index in [0.717, 1.165) is 5.56 Å². The van der Waals surface area contributed by atoms with Crippen LogP contribution in [0.1, 0.15) is 11.3 Å². The molecule has 4 heteroatoms. The van der Waals surface area contributed by atoms with Gasteiger partial charge in [-0.2, -0.15) is 5.26 Å². The molecule has 0 radical (unpaired) electrons. The van der Waals surface area contributed by atoms with E-state index < -0.39 is 5.92 Å². The molecule has 0 saturated carbocycles. The molecule has 0 fully saturated rings. The third-order valence-electron chi connectivity index (χ3n) is 2.78. The van der Waals surface area contributed by atoms with Crippen molar-refractivity contribution in [3.05, 3.63) is 54.0 Å². The molecule has 0 aliphatic carbocycles. The zero-order chi connectivity index (χ0) is 13.7. The molecule has 1 amide bonds. The van der Waals surface area contributed by atoms with Gasteiger partial charge in [-0.15, -0.1) is 0 Å². The molecule has 1 N–H and O–H groups in total. The molecule has 19 heavy (non-hydrogen) atoms. The van der Waals surface area contributed by atoms with Crippen molar-refractivity contribution < 1.29 is 9.21 Å². The van der Waals surface area contributed by atoms with Gasteiger partial charge in [-0.25, -0.2) is 0 Å². The Bertz CT molecular complexity index is 580. The minimum Gasteiger partial charge on any atom is -0.469 e. The highest BCUT2D eigenvalue weighted by molar-refractivity contribution is 5.94. The first-order chi connectivity index (χ1) is 9.19. The molecular formula is C15H14N2O2. The second kappa shape index (κ2) is 5.87. The molecule has 1 aromatic heterocycles. The second-order valence-electron chi connectivity index (χ2n) is 4.32. The van der Waals surface area contributed by atoms with Gasteiger partial charge < -0.3 is 9.73 Å². The summed E-state index contributed by atoms with van der Waals surface area (Å²) in [6.45, 7) is 1.97. The topological polar surface area (TPSA) is 66.0 Å². The van der Waals surface area contributed by atoms with E-state index >= 15 is 0 Å². The zero-order valence-corrected chi connectivity index (χ0v) is 10.6. The maximum Gasteiger partial charge on any atom is 0.242 e. The molecule has 1 heterocycles. The number of hydrogen-bond donors (Lipinski definition) is 1. The van der Waals surface area contributed by atoms with Crippen molar-refractivity contribution in [2.24, 2.45) is 5.92 Å². The van der Waals surface area contributed by atoms with Gasteiger partial charge in [0.05, 0.1) is 12.3 Å². The van der Waals surface area contributed by atoms with Crippen molar-refractivity contribution in [1.29, 1.82) is 5.26 Å². The van der Waals surface area contributed by atoms with Crippen molar-refractivity contribution in [3.63, 3.8) is 0 Å². The van der Waals surface area contributed by atoms with Crippen LogP contribution in [0.15, 0.2) is 47.1 Å². The molecule has 0 bridgehead atoms. The van der Waals surface area contributed by atoms with Gasteiger partial charge >= 0.3 is 0 Å². The Hall–Kier alpha value is -2.54. The summed E-state index contributed by atoms with van der Waals surface area (Å²) in [5.74, 6) is -0.444. The summed E-state index contributed by atoms with van der Waals surface area (Å²) in [4.78, 5) is 12.0. The van der Waals surface area contributed by atoms with Crippen molar-refractivity contribution in [3.8, 4) is 6.07 Å². The minimum atomic E-state index is -0.757. The Labute approximate surface area is 111 Å². The van der Waals surface area contributed by atoms with Crippen molar-refractivity contribution in [2.45, 2.75) is 13.3 Å². The lowest BCUT2D eigenvalue weighted by Crippen LogP contribution is -2.23. The largest absolute Gasteiger partial charge is 0.469 e. The fraction of sp³-hybridized carbons (Fsp3) is 0.200. The molecule has 1 unspecified atom stereocenters. The van der Waals surface area contributed by atoms with Crippen LogP contribution in [-0.4, -0.2) is 5.91 Å². The number of nitrogens with one attached hydrogen (secondary N) is 1. The second-order valence-corrected chi connectivity index (χ2v) is 4.32. The number of anilines is 1. The molecular weight excluding hydrogens is 240 g/mol. The Morgan fingerprint density at radius 3 is 2.68 bits per heavy atom. The number of furan rings is 1. The molecule has 0 saturated heterocycles. The Morgan fingerprint density at radius 2 is 2.11 bits per heavy atom. The summed E-state index contributed by atoms with van der Waals surface area (Å²) in [5, 5.41) is 11.8. The SMILES string of the molecule is Cc1ccc(NC(=O)C(C#N)Cc2ccco2)cc1. The molecule has 2 aromatic rings. The quantitative estimate of drug-likeness (QED) is 0.912. The van der Waals surface area contributed by atoms with Crippen LogP contribution >= 0.6 is 0 Å². The fourth-order valence-corrected chi connectivity index (χ4v) is 1.69. The first-order valence-corrected chi connectivity index (χ1v) is 5.98. The summed E-state index contributed by atoms with van der Waals surface area (Å²) >= 11 is 0. The standard InChI is InChI=1S/C15H14N2O2/c1-11-4-6-13(7-5-11)17-15(18)12(10-16)9-14-3-2-8-19-14/h2-8,12H,9H2,1H3,(H,17,18). The van der Waals surface area contributed by atoms with E-state index in [0.29, 0.717) is 11.4 Å². The van der Waals surface area contributed by atoms with E-state index in [1.54, 1.807) is 12.1 Å². The molecule has 2 rings (SSSR count). The predicted molar refractivity (Wildman–Crippen MR) is 71.3 cm³/mol. The highest BCUT2D eigenvalue weighted by Gasteiger charge is 2.19. The van der Waals surface area contributed by atoms with Gasteiger partial charge in [-0.05, 0) is 31.2 Å². The molecule has 4 nitrogen and oxygen atoms in total. The number of rotatable bonds is 4. The fourth-order valence-electron chi connectivity index (χ4n) is 1.69. The lowest BCUT2D eigenvalue weighted by molar-refractivity contribution is -0.118. The first-order valence-electron chi connectivity index (χ1n) is 5.98. The third-order valence-corrected chi connectivity index (χ3v) is 2.78. The van der Waals surface area contributed by atoms with Gasteiger partial charge in [0.15, 0.2) is 0 Å². The zero-order valence-electron chi connectivity index (χ0n) is 10.6. The Morgan fingerprint density at radius 1 is 1.37 bits per heavy atom. The van der Waals surface area contributed by atoms with E-state index in [1.807, 2.05) is 37.3 Å². The van der Waals surface area contributed by atoms with Crippen LogP contribution < -0.4 is 5.32 Å². The molecule has 96 valence electrons. The van der Waals surface area contributed by atoms with Crippen LogP contribution in [0.4, 0.5) is 5.69 Å². The van der Waals surface area contributed by atoms with Crippen LogP contribution in [0.25, 0.3) is 0 Å². The smallest absolute Gasteiger partial charge is 0.242 e. The van der Waals surface area contributed by atoms with E-state index in [4.69, 9.17) is 9.68 Å². The van der Waals surface area contributed by atoms with Crippen LogP contribution in [0.3, 0.4) is 0 Å². The van der Waals surface area contributed by atoms with E-state index in [2.05, 4.69) is 5.32 Å². The molecule has 0 aliphatic rings. The van der Waals surface area contributed by atoms with Crippen LogP contribution in [0.5, 0.6) is 0 Å². The number of benzene rings is 1. The van der Waals surface area contributed by atoms with Gasteiger partial charge in [0.25, 0.3) is 0 Å². The van der Waals surface area contributed by atoms with Gasteiger partial charge in [-0.1, -0.05) is 17.7 Å².